The number of amides is 2. The number of carbonyl (C=O) groups is 2. The van der Waals surface area contributed by atoms with Gasteiger partial charge in [0.15, 0.2) is 12.1 Å². The van der Waals surface area contributed by atoms with Crippen LogP contribution in [0.1, 0.15) is 67.6 Å². The maximum absolute atomic E-state index is 12.8. The van der Waals surface area contributed by atoms with Crippen LogP contribution >= 0.6 is 0 Å². The molecule has 1 unspecified atom stereocenters. The number of nitrogens with zero attached hydrogens (tertiary/aromatic N) is 3. The second-order valence-electron chi connectivity index (χ2n) is 10.4. The van der Waals surface area contributed by atoms with Crippen molar-refractivity contribution in [2.45, 2.75) is 64.8 Å². The molecule has 1 aromatic carbocycles. The summed E-state index contributed by atoms with van der Waals surface area (Å²) in [6.07, 6.45) is 4.90. The van der Waals surface area contributed by atoms with Crippen LogP contribution < -0.4 is 10.6 Å². The molecule has 0 radical (unpaired) electrons. The molecule has 2 aliphatic carbocycles. The SMILES string of the molecule is CCOC(O)[C@@H](NC(=O)c1cnc(-c2cccc(-c3nnc(C(=O)NC(C4CC4)C4CC4)[nH]3)c2)o1)C(C)C. The molecule has 38 heavy (non-hydrogen) atoms. The average Bonchev–Trinajstić information content (AvgIpc) is 3.83. The fraction of sp³-hybridized carbons (Fsp3) is 0.519. The second kappa shape index (κ2) is 11.0. The quantitative estimate of drug-likeness (QED) is 0.264. The standard InChI is InChI=1S/C27H34N6O5/c1-4-37-27(36)20(14(2)3)29-24(34)19-13-28-26(38-19)18-7-5-6-17(12-18)22-31-23(33-32-22)25(35)30-21(15-8-9-15)16-10-11-16/h5-7,12-16,20-21,27,36H,4,8-11H2,1-3H3,(H,29,34)(H,30,35)(H,31,32,33)/t20-,27?/m0/s1. The van der Waals surface area contributed by atoms with Gasteiger partial charge in [0.2, 0.25) is 17.5 Å². The number of carbonyl (C=O) groups excluding carboxylic acids is 2. The fourth-order valence-corrected chi connectivity index (χ4v) is 4.62. The van der Waals surface area contributed by atoms with Crippen LogP contribution in [0.4, 0.5) is 0 Å². The van der Waals surface area contributed by atoms with Gasteiger partial charge >= 0.3 is 0 Å². The fourth-order valence-electron chi connectivity index (χ4n) is 4.62. The van der Waals surface area contributed by atoms with E-state index >= 15 is 0 Å². The van der Waals surface area contributed by atoms with Gasteiger partial charge in [-0.2, -0.15) is 0 Å². The summed E-state index contributed by atoms with van der Waals surface area (Å²) in [5.74, 6) is 1.26. The molecular weight excluding hydrogens is 488 g/mol. The van der Waals surface area contributed by atoms with Gasteiger partial charge in [-0.05, 0) is 62.5 Å². The van der Waals surface area contributed by atoms with Crippen LogP contribution in [-0.2, 0) is 4.74 Å². The lowest BCUT2D eigenvalue weighted by Crippen LogP contribution is -2.47. The summed E-state index contributed by atoms with van der Waals surface area (Å²) in [5, 5.41) is 24.3. The number of ether oxygens (including phenoxy) is 1. The molecule has 11 heteroatoms. The van der Waals surface area contributed by atoms with E-state index in [1.807, 2.05) is 19.9 Å². The van der Waals surface area contributed by atoms with Crippen LogP contribution in [0.2, 0.25) is 0 Å². The molecular formula is C27H34N6O5. The summed E-state index contributed by atoms with van der Waals surface area (Å²) in [5.41, 5.74) is 1.32. The third-order valence-electron chi connectivity index (χ3n) is 7.03. The summed E-state index contributed by atoms with van der Waals surface area (Å²) in [6.45, 7) is 5.85. The van der Waals surface area contributed by atoms with Crippen molar-refractivity contribution in [1.82, 2.24) is 30.8 Å². The number of aliphatic hydroxyl groups excluding tert-OH is 1. The zero-order chi connectivity index (χ0) is 26.8. The molecule has 4 N–H and O–H groups in total. The van der Waals surface area contributed by atoms with Crippen molar-refractivity contribution in [3.8, 4) is 22.8 Å². The van der Waals surface area contributed by atoms with Gasteiger partial charge in [-0.15, -0.1) is 10.2 Å². The topological polar surface area (TPSA) is 155 Å². The first-order valence-electron chi connectivity index (χ1n) is 13.2. The van der Waals surface area contributed by atoms with Crippen LogP contribution in [0.15, 0.2) is 34.9 Å². The second-order valence-corrected chi connectivity index (χ2v) is 10.4. The van der Waals surface area contributed by atoms with Gasteiger partial charge in [-0.1, -0.05) is 26.0 Å². The highest BCUT2D eigenvalue weighted by Crippen LogP contribution is 2.44. The zero-order valence-electron chi connectivity index (χ0n) is 21.8. The third kappa shape index (κ3) is 5.94. The summed E-state index contributed by atoms with van der Waals surface area (Å²) < 4.78 is 11.0. The van der Waals surface area contributed by atoms with Gasteiger partial charge in [-0.3, -0.25) is 9.59 Å². The lowest BCUT2D eigenvalue weighted by atomic mass is 10.0. The van der Waals surface area contributed by atoms with Crippen LogP contribution in [0.25, 0.3) is 22.8 Å². The van der Waals surface area contributed by atoms with E-state index in [1.54, 1.807) is 25.1 Å². The summed E-state index contributed by atoms with van der Waals surface area (Å²) in [4.78, 5) is 32.8. The van der Waals surface area contributed by atoms with Crippen molar-refractivity contribution in [3.63, 3.8) is 0 Å². The maximum atomic E-state index is 12.8. The largest absolute Gasteiger partial charge is 0.431 e. The number of oxazole rings is 1. The Morgan fingerprint density at radius 1 is 1.11 bits per heavy atom. The van der Waals surface area contributed by atoms with Crippen LogP contribution in [-0.4, -0.2) is 62.1 Å². The molecule has 2 amide bonds. The minimum Gasteiger partial charge on any atom is -0.431 e. The number of rotatable bonds is 12. The molecule has 2 fully saturated rings. The molecule has 2 atom stereocenters. The van der Waals surface area contributed by atoms with E-state index < -0.39 is 18.2 Å². The highest BCUT2D eigenvalue weighted by Gasteiger charge is 2.42. The molecule has 5 rings (SSSR count). The highest BCUT2D eigenvalue weighted by atomic mass is 16.6. The Bertz CT molecular complexity index is 1270. The van der Waals surface area contributed by atoms with Gasteiger partial charge in [0.05, 0.1) is 12.2 Å². The predicted molar refractivity (Wildman–Crippen MR) is 138 cm³/mol. The van der Waals surface area contributed by atoms with Gasteiger partial charge in [0, 0.05) is 23.8 Å². The van der Waals surface area contributed by atoms with Crippen molar-refractivity contribution in [2.24, 2.45) is 17.8 Å². The van der Waals surface area contributed by atoms with Crippen molar-refractivity contribution >= 4 is 11.8 Å². The number of aromatic amines is 1. The van der Waals surface area contributed by atoms with Gasteiger partial charge in [0.1, 0.15) is 0 Å². The van der Waals surface area contributed by atoms with E-state index in [0.717, 1.165) is 0 Å². The number of benzene rings is 1. The lowest BCUT2D eigenvalue weighted by Gasteiger charge is -2.26. The van der Waals surface area contributed by atoms with E-state index in [9.17, 15) is 14.7 Å². The van der Waals surface area contributed by atoms with Gasteiger partial charge < -0.3 is 29.9 Å². The normalized spacial score (nSPS) is 17.0. The summed E-state index contributed by atoms with van der Waals surface area (Å²) >= 11 is 0. The van der Waals surface area contributed by atoms with Crippen LogP contribution in [0.5, 0.6) is 0 Å². The molecule has 0 bridgehead atoms. The minimum atomic E-state index is -1.13. The van der Waals surface area contributed by atoms with E-state index in [4.69, 9.17) is 9.15 Å². The minimum absolute atomic E-state index is 0.0132. The average molecular weight is 523 g/mol. The first-order chi connectivity index (χ1) is 18.3. The molecule has 0 spiro atoms. The Labute approximate surface area is 220 Å². The Morgan fingerprint density at radius 2 is 1.82 bits per heavy atom. The van der Waals surface area contributed by atoms with Crippen LogP contribution in [0.3, 0.4) is 0 Å². The van der Waals surface area contributed by atoms with Gasteiger partial charge in [-0.25, -0.2) is 4.98 Å². The van der Waals surface area contributed by atoms with E-state index in [-0.39, 0.29) is 35.3 Å². The molecule has 2 aliphatic rings. The molecule has 3 aromatic rings. The number of aromatic nitrogens is 4. The number of aliphatic hydroxyl groups is 1. The number of nitrogens with one attached hydrogen (secondary N) is 3. The Balaban J connectivity index is 1.26. The maximum Gasteiger partial charge on any atom is 0.289 e. The molecule has 2 heterocycles. The number of hydrogen-bond donors (Lipinski definition) is 4. The lowest BCUT2D eigenvalue weighted by molar-refractivity contribution is -0.121. The molecule has 11 nitrogen and oxygen atoms in total. The van der Waals surface area contributed by atoms with Crippen LogP contribution in [0, 0.1) is 17.8 Å². The molecule has 0 saturated heterocycles. The predicted octanol–water partition coefficient (Wildman–Crippen LogP) is 3.15. The Morgan fingerprint density at radius 3 is 2.47 bits per heavy atom. The van der Waals surface area contributed by atoms with Crippen molar-refractivity contribution in [2.75, 3.05) is 6.61 Å². The first kappa shape index (κ1) is 26.1. The Hall–Kier alpha value is -3.57. The summed E-state index contributed by atoms with van der Waals surface area (Å²) in [7, 11) is 0. The van der Waals surface area contributed by atoms with Crippen molar-refractivity contribution < 1.29 is 23.8 Å². The smallest absolute Gasteiger partial charge is 0.289 e. The third-order valence-corrected chi connectivity index (χ3v) is 7.03. The van der Waals surface area contributed by atoms with Crippen molar-refractivity contribution in [3.05, 3.63) is 42.0 Å². The van der Waals surface area contributed by atoms with E-state index in [1.165, 1.54) is 31.9 Å². The van der Waals surface area contributed by atoms with E-state index in [2.05, 4.69) is 30.8 Å². The molecule has 2 aromatic heterocycles. The first-order valence-corrected chi connectivity index (χ1v) is 13.2. The monoisotopic (exact) mass is 522 g/mol. The molecule has 202 valence electrons. The van der Waals surface area contributed by atoms with Gasteiger partial charge in [0.25, 0.3) is 11.8 Å². The number of hydrogen-bond acceptors (Lipinski definition) is 8. The zero-order valence-corrected chi connectivity index (χ0v) is 21.8. The molecule has 0 aliphatic heterocycles. The highest BCUT2D eigenvalue weighted by molar-refractivity contribution is 5.92. The number of H-pyrrole nitrogens is 1. The van der Waals surface area contributed by atoms with Crippen molar-refractivity contribution in [1.29, 1.82) is 0 Å². The van der Waals surface area contributed by atoms with E-state index in [0.29, 0.717) is 35.4 Å². The summed E-state index contributed by atoms with van der Waals surface area (Å²) in [6, 6.07) is 6.85. The molecule has 2 saturated carbocycles. The Kier molecular flexibility index (Phi) is 7.57.